The predicted octanol–water partition coefficient (Wildman–Crippen LogP) is 3.77. The Morgan fingerprint density at radius 1 is 1.35 bits per heavy atom. The van der Waals surface area contributed by atoms with Crippen molar-refractivity contribution in [1.29, 1.82) is 0 Å². The summed E-state index contributed by atoms with van der Waals surface area (Å²) in [6, 6.07) is 1.95. The van der Waals surface area contributed by atoms with Crippen molar-refractivity contribution in [3.05, 3.63) is 16.5 Å². The number of rotatable bonds is 6. The van der Waals surface area contributed by atoms with Gasteiger partial charge in [0.05, 0.1) is 0 Å². The summed E-state index contributed by atoms with van der Waals surface area (Å²) in [7, 11) is 1.76. The van der Waals surface area contributed by atoms with Gasteiger partial charge in [-0.15, -0.1) is 0 Å². The molecule has 1 heterocycles. The van der Waals surface area contributed by atoms with Crippen LogP contribution in [0.4, 0.5) is 5.82 Å². The second kappa shape index (κ2) is 5.98. The highest BCUT2D eigenvalue weighted by atomic mass is 79.9. The third-order valence-electron chi connectivity index (χ3n) is 3.80. The second-order valence-electron chi connectivity index (χ2n) is 6.75. The number of anilines is 1. The van der Waals surface area contributed by atoms with Crippen molar-refractivity contribution < 1.29 is 4.74 Å². The molecular formula is C15H24BrN3O. The highest BCUT2D eigenvalue weighted by molar-refractivity contribution is 9.10. The van der Waals surface area contributed by atoms with Gasteiger partial charge in [0.25, 0.3) is 0 Å². The SMILES string of the molecule is COCCC1(CNc2cc(Br)nc(C(C)(C)C)n2)CC1. The number of halogens is 1. The summed E-state index contributed by atoms with van der Waals surface area (Å²) in [4.78, 5) is 9.09. The largest absolute Gasteiger partial charge is 0.385 e. The molecule has 4 nitrogen and oxygen atoms in total. The molecule has 112 valence electrons. The fourth-order valence-corrected chi connectivity index (χ4v) is 2.52. The molecule has 5 heteroatoms. The molecule has 1 fully saturated rings. The van der Waals surface area contributed by atoms with Crippen LogP contribution in [0.25, 0.3) is 0 Å². The number of nitrogens with zero attached hydrogens (tertiary/aromatic N) is 2. The maximum atomic E-state index is 5.19. The van der Waals surface area contributed by atoms with E-state index in [0.29, 0.717) is 5.41 Å². The van der Waals surface area contributed by atoms with Gasteiger partial charge >= 0.3 is 0 Å². The van der Waals surface area contributed by atoms with Crippen LogP contribution in [0.1, 0.15) is 45.9 Å². The van der Waals surface area contributed by atoms with Crippen LogP contribution >= 0.6 is 15.9 Å². The first kappa shape index (κ1) is 15.7. The van der Waals surface area contributed by atoms with Crippen LogP contribution in [0, 0.1) is 5.41 Å². The van der Waals surface area contributed by atoms with E-state index >= 15 is 0 Å². The molecule has 20 heavy (non-hydrogen) atoms. The van der Waals surface area contributed by atoms with E-state index in [1.165, 1.54) is 12.8 Å². The lowest BCUT2D eigenvalue weighted by Crippen LogP contribution is -2.20. The Hall–Kier alpha value is -0.680. The number of ether oxygens (including phenoxy) is 1. The van der Waals surface area contributed by atoms with E-state index < -0.39 is 0 Å². The van der Waals surface area contributed by atoms with E-state index in [1.54, 1.807) is 7.11 Å². The second-order valence-corrected chi connectivity index (χ2v) is 7.56. The minimum atomic E-state index is -0.0481. The Balaban J connectivity index is 2.01. The van der Waals surface area contributed by atoms with Gasteiger partial charge in [-0.3, -0.25) is 0 Å². The van der Waals surface area contributed by atoms with Gasteiger partial charge in [-0.05, 0) is 40.6 Å². The van der Waals surface area contributed by atoms with Crippen molar-refractivity contribution >= 4 is 21.7 Å². The Labute approximate surface area is 129 Å². The van der Waals surface area contributed by atoms with Crippen molar-refractivity contribution in [2.24, 2.45) is 5.41 Å². The summed E-state index contributed by atoms with van der Waals surface area (Å²) in [6.45, 7) is 8.17. The fraction of sp³-hybridized carbons (Fsp3) is 0.733. The molecule has 0 bridgehead atoms. The van der Waals surface area contributed by atoms with Crippen LogP contribution in [-0.4, -0.2) is 30.2 Å². The molecule has 1 aromatic heterocycles. The standard InChI is InChI=1S/C15H24BrN3O/c1-14(2,3)13-18-11(16)9-12(19-13)17-10-15(5-6-15)7-8-20-4/h9H,5-8,10H2,1-4H3,(H,17,18,19). The minimum Gasteiger partial charge on any atom is -0.385 e. The van der Waals surface area contributed by atoms with E-state index in [-0.39, 0.29) is 5.41 Å². The van der Waals surface area contributed by atoms with Gasteiger partial charge in [0.2, 0.25) is 0 Å². The van der Waals surface area contributed by atoms with E-state index in [2.05, 4.69) is 52.0 Å². The molecule has 0 aliphatic heterocycles. The number of hydrogen-bond acceptors (Lipinski definition) is 4. The normalized spacial score (nSPS) is 17.1. The Bertz CT molecular complexity index is 467. The molecule has 0 amide bonds. The summed E-state index contributed by atoms with van der Waals surface area (Å²) >= 11 is 3.47. The lowest BCUT2D eigenvalue weighted by atomic mass is 9.96. The smallest absolute Gasteiger partial charge is 0.137 e. The summed E-state index contributed by atoms with van der Waals surface area (Å²) in [6.07, 6.45) is 3.68. The lowest BCUT2D eigenvalue weighted by molar-refractivity contribution is 0.175. The number of aromatic nitrogens is 2. The lowest BCUT2D eigenvalue weighted by Gasteiger charge is -2.20. The predicted molar refractivity (Wildman–Crippen MR) is 85.1 cm³/mol. The first-order valence-electron chi connectivity index (χ1n) is 7.13. The fourth-order valence-electron chi connectivity index (χ4n) is 2.13. The monoisotopic (exact) mass is 341 g/mol. The maximum absolute atomic E-state index is 5.19. The molecule has 1 aliphatic rings. The molecule has 2 rings (SSSR count). The average Bonchev–Trinajstić information content (AvgIpc) is 3.13. The Kier molecular flexibility index (Phi) is 4.69. The Morgan fingerprint density at radius 3 is 2.60 bits per heavy atom. The number of hydrogen-bond donors (Lipinski definition) is 1. The van der Waals surface area contributed by atoms with Crippen LogP contribution in [0.5, 0.6) is 0 Å². The van der Waals surface area contributed by atoms with Gasteiger partial charge in [-0.25, -0.2) is 9.97 Å². The number of methoxy groups -OCH3 is 1. The van der Waals surface area contributed by atoms with Gasteiger partial charge in [-0.1, -0.05) is 20.8 Å². The third kappa shape index (κ3) is 4.16. The molecule has 0 unspecified atom stereocenters. The van der Waals surface area contributed by atoms with Crippen molar-refractivity contribution in [3.63, 3.8) is 0 Å². The molecule has 1 N–H and O–H groups in total. The molecule has 1 aromatic rings. The van der Waals surface area contributed by atoms with E-state index in [4.69, 9.17) is 4.74 Å². The van der Waals surface area contributed by atoms with Gasteiger partial charge in [0.15, 0.2) is 0 Å². The summed E-state index contributed by atoms with van der Waals surface area (Å²) in [5, 5.41) is 3.47. The van der Waals surface area contributed by atoms with Crippen molar-refractivity contribution in [1.82, 2.24) is 9.97 Å². The van der Waals surface area contributed by atoms with Crippen LogP contribution < -0.4 is 5.32 Å². The molecule has 0 atom stereocenters. The molecule has 0 radical (unpaired) electrons. The van der Waals surface area contributed by atoms with Crippen molar-refractivity contribution in [2.75, 3.05) is 25.6 Å². The van der Waals surface area contributed by atoms with Gasteiger partial charge in [0, 0.05) is 31.7 Å². The zero-order valence-electron chi connectivity index (χ0n) is 12.8. The summed E-state index contributed by atoms with van der Waals surface area (Å²) in [5.41, 5.74) is 0.364. The third-order valence-corrected chi connectivity index (χ3v) is 4.21. The first-order valence-corrected chi connectivity index (χ1v) is 7.92. The molecule has 1 saturated carbocycles. The number of nitrogens with one attached hydrogen (secondary N) is 1. The van der Waals surface area contributed by atoms with Gasteiger partial charge in [-0.2, -0.15) is 0 Å². The maximum Gasteiger partial charge on any atom is 0.137 e. The Morgan fingerprint density at radius 2 is 2.05 bits per heavy atom. The zero-order valence-corrected chi connectivity index (χ0v) is 14.4. The van der Waals surface area contributed by atoms with Crippen LogP contribution in [0.2, 0.25) is 0 Å². The summed E-state index contributed by atoms with van der Waals surface area (Å²) in [5.74, 6) is 1.76. The van der Waals surface area contributed by atoms with Crippen molar-refractivity contribution in [3.8, 4) is 0 Å². The molecule has 0 aromatic carbocycles. The molecule has 0 spiro atoms. The van der Waals surface area contributed by atoms with Crippen LogP contribution in [-0.2, 0) is 10.2 Å². The topological polar surface area (TPSA) is 47.0 Å². The zero-order chi connectivity index (χ0) is 14.8. The van der Waals surface area contributed by atoms with E-state index in [1.807, 2.05) is 6.07 Å². The van der Waals surface area contributed by atoms with Crippen LogP contribution in [0.15, 0.2) is 10.7 Å². The highest BCUT2D eigenvalue weighted by Crippen LogP contribution is 2.48. The quantitative estimate of drug-likeness (QED) is 0.800. The van der Waals surface area contributed by atoms with Gasteiger partial charge in [0.1, 0.15) is 16.2 Å². The van der Waals surface area contributed by atoms with E-state index in [9.17, 15) is 0 Å². The minimum absolute atomic E-state index is 0.0481. The van der Waals surface area contributed by atoms with Crippen molar-refractivity contribution in [2.45, 2.75) is 45.4 Å². The molecule has 1 aliphatic carbocycles. The molecular weight excluding hydrogens is 318 g/mol. The molecule has 0 saturated heterocycles. The first-order chi connectivity index (χ1) is 9.35. The summed E-state index contributed by atoms with van der Waals surface area (Å²) < 4.78 is 6.03. The average molecular weight is 342 g/mol. The van der Waals surface area contributed by atoms with Gasteiger partial charge < -0.3 is 10.1 Å². The van der Waals surface area contributed by atoms with E-state index in [0.717, 1.165) is 35.8 Å². The van der Waals surface area contributed by atoms with Crippen LogP contribution in [0.3, 0.4) is 0 Å². The highest BCUT2D eigenvalue weighted by Gasteiger charge is 2.41.